The zero-order chi connectivity index (χ0) is 10.0. The zero-order valence-electron chi connectivity index (χ0n) is 8.91. The number of likely N-dealkylation sites (tertiary alicyclic amines) is 1. The first kappa shape index (κ1) is 10.5. The van der Waals surface area contributed by atoms with Gasteiger partial charge in [0.25, 0.3) is 0 Å². The molecule has 13 heavy (non-hydrogen) atoms. The van der Waals surface area contributed by atoms with Gasteiger partial charge in [-0.3, -0.25) is 9.69 Å². The van der Waals surface area contributed by atoms with Crippen molar-refractivity contribution in [1.82, 2.24) is 4.90 Å². The van der Waals surface area contributed by atoms with Crippen molar-refractivity contribution in [2.45, 2.75) is 39.3 Å². The van der Waals surface area contributed by atoms with Crippen LogP contribution in [0.3, 0.4) is 0 Å². The molecule has 0 aromatic heterocycles. The van der Waals surface area contributed by atoms with Gasteiger partial charge in [0.15, 0.2) is 0 Å². The van der Waals surface area contributed by atoms with E-state index in [1.165, 1.54) is 7.11 Å². The van der Waals surface area contributed by atoms with Gasteiger partial charge in [0.2, 0.25) is 0 Å². The van der Waals surface area contributed by atoms with Crippen molar-refractivity contribution >= 4 is 5.97 Å². The maximum atomic E-state index is 11.4. The van der Waals surface area contributed by atoms with E-state index in [0.29, 0.717) is 12.0 Å². The Morgan fingerprint density at radius 2 is 2.15 bits per heavy atom. The lowest BCUT2D eigenvalue weighted by Gasteiger charge is -2.26. The largest absolute Gasteiger partial charge is 0.468 e. The summed E-state index contributed by atoms with van der Waals surface area (Å²) in [6.45, 7) is 7.43. The lowest BCUT2D eigenvalue weighted by atomic mass is 10.1. The van der Waals surface area contributed by atoms with E-state index in [2.05, 4.69) is 25.7 Å². The van der Waals surface area contributed by atoms with E-state index in [4.69, 9.17) is 4.74 Å². The van der Waals surface area contributed by atoms with Crippen molar-refractivity contribution in [3.05, 3.63) is 0 Å². The van der Waals surface area contributed by atoms with E-state index in [0.717, 1.165) is 13.0 Å². The molecule has 0 amide bonds. The molecule has 3 heteroatoms. The van der Waals surface area contributed by atoms with Crippen LogP contribution in [0.25, 0.3) is 0 Å². The van der Waals surface area contributed by atoms with Gasteiger partial charge < -0.3 is 4.74 Å². The minimum absolute atomic E-state index is 0.0139. The summed E-state index contributed by atoms with van der Waals surface area (Å²) in [5.41, 5.74) is 0. The second-order valence-corrected chi connectivity index (χ2v) is 4.17. The van der Waals surface area contributed by atoms with Crippen LogP contribution >= 0.6 is 0 Å². The van der Waals surface area contributed by atoms with Gasteiger partial charge in [-0.25, -0.2) is 0 Å². The molecular formula is C10H19NO2. The van der Waals surface area contributed by atoms with Crippen LogP contribution in [0.15, 0.2) is 0 Å². The number of carbonyl (C=O) groups excluding carboxylic acids is 1. The second kappa shape index (κ2) is 4.09. The van der Waals surface area contributed by atoms with Crippen molar-refractivity contribution in [3.63, 3.8) is 0 Å². The minimum Gasteiger partial charge on any atom is -0.468 e. The summed E-state index contributed by atoms with van der Waals surface area (Å²) in [6.07, 6.45) is 0.935. The van der Waals surface area contributed by atoms with E-state index < -0.39 is 0 Å². The number of ether oxygens (including phenoxy) is 1. The second-order valence-electron chi connectivity index (χ2n) is 4.17. The highest BCUT2D eigenvalue weighted by Gasteiger charge is 2.36. The average molecular weight is 185 g/mol. The number of esters is 1. The molecule has 1 rings (SSSR count). The Bertz CT molecular complexity index is 191. The Morgan fingerprint density at radius 3 is 2.62 bits per heavy atom. The molecule has 2 unspecified atom stereocenters. The quantitative estimate of drug-likeness (QED) is 0.607. The fraction of sp³-hybridized carbons (Fsp3) is 0.900. The summed E-state index contributed by atoms with van der Waals surface area (Å²) in [7, 11) is 1.46. The van der Waals surface area contributed by atoms with Crippen molar-refractivity contribution in [2.24, 2.45) is 5.92 Å². The maximum absolute atomic E-state index is 11.4. The van der Waals surface area contributed by atoms with Gasteiger partial charge in [-0.15, -0.1) is 0 Å². The van der Waals surface area contributed by atoms with Gasteiger partial charge in [-0.05, 0) is 26.2 Å². The van der Waals surface area contributed by atoms with Gasteiger partial charge in [0.05, 0.1) is 7.11 Å². The molecule has 0 N–H and O–H groups in total. The average Bonchev–Trinajstić information content (AvgIpc) is 2.46. The highest BCUT2D eigenvalue weighted by atomic mass is 16.5. The number of carbonyl (C=O) groups is 1. The van der Waals surface area contributed by atoms with E-state index in [1.54, 1.807) is 0 Å². The Morgan fingerprint density at radius 1 is 1.54 bits per heavy atom. The molecule has 1 heterocycles. The van der Waals surface area contributed by atoms with Crippen molar-refractivity contribution in [1.29, 1.82) is 0 Å². The van der Waals surface area contributed by atoms with E-state index in [9.17, 15) is 4.79 Å². The van der Waals surface area contributed by atoms with Crippen LogP contribution in [0.5, 0.6) is 0 Å². The molecule has 0 radical (unpaired) electrons. The molecule has 1 fully saturated rings. The standard InChI is InChI=1S/C10H19NO2/c1-7(2)11-6-8(3)5-9(11)10(12)13-4/h7-9H,5-6H2,1-4H3. The number of hydrogen-bond donors (Lipinski definition) is 0. The number of hydrogen-bond acceptors (Lipinski definition) is 3. The van der Waals surface area contributed by atoms with Crippen LogP contribution < -0.4 is 0 Å². The molecular weight excluding hydrogens is 166 g/mol. The molecule has 1 aliphatic heterocycles. The summed E-state index contributed by atoms with van der Waals surface area (Å²) in [6, 6.07) is 0.411. The first-order chi connectivity index (χ1) is 6.06. The summed E-state index contributed by atoms with van der Waals surface area (Å²) in [5, 5.41) is 0. The van der Waals surface area contributed by atoms with Crippen LogP contribution in [-0.2, 0) is 9.53 Å². The molecule has 0 aliphatic carbocycles. The normalized spacial score (nSPS) is 29.6. The molecule has 0 bridgehead atoms. The molecule has 0 aromatic carbocycles. The lowest BCUT2D eigenvalue weighted by Crippen LogP contribution is -2.41. The Hall–Kier alpha value is -0.570. The van der Waals surface area contributed by atoms with Gasteiger partial charge in [0.1, 0.15) is 6.04 Å². The van der Waals surface area contributed by atoms with Crippen LogP contribution in [0.2, 0.25) is 0 Å². The van der Waals surface area contributed by atoms with Gasteiger partial charge in [0, 0.05) is 12.6 Å². The van der Waals surface area contributed by atoms with E-state index in [1.807, 2.05) is 0 Å². The summed E-state index contributed by atoms with van der Waals surface area (Å²) >= 11 is 0. The predicted octanol–water partition coefficient (Wildman–Crippen LogP) is 1.28. The monoisotopic (exact) mass is 185 g/mol. The van der Waals surface area contributed by atoms with Gasteiger partial charge in [-0.2, -0.15) is 0 Å². The Balaban J connectivity index is 2.66. The molecule has 1 saturated heterocycles. The first-order valence-electron chi connectivity index (χ1n) is 4.89. The number of rotatable bonds is 2. The van der Waals surface area contributed by atoms with Crippen LogP contribution in [0.4, 0.5) is 0 Å². The molecule has 0 spiro atoms. The van der Waals surface area contributed by atoms with Crippen molar-refractivity contribution in [3.8, 4) is 0 Å². The van der Waals surface area contributed by atoms with E-state index in [-0.39, 0.29) is 12.0 Å². The minimum atomic E-state index is -0.0851. The Labute approximate surface area is 80.1 Å². The predicted molar refractivity (Wildman–Crippen MR) is 51.4 cm³/mol. The van der Waals surface area contributed by atoms with Crippen molar-refractivity contribution < 1.29 is 9.53 Å². The molecule has 76 valence electrons. The third-order valence-electron chi connectivity index (χ3n) is 2.69. The van der Waals surface area contributed by atoms with Crippen molar-refractivity contribution in [2.75, 3.05) is 13.7 Å². The topological polar surface area (TPSA) is 29.5 Å². The fourth-order valence-electron chi connectivity index (χ4n) is 2.02. The van der Waals surface area contributed by atoms with Crippen LogP contribution in [-0.4, -0.2) is 36.6 Å². The smallest absolute Gasteiger partial charge is 0.323 e. The summed E-state index contributed by atoms with van der Waals surface area (Å²) < 4.78 is 4.78. The lowest BCUT2D eigenvalue weighted by molar-refractivity contribution is -0.146. The van der Waals surface area contributed by atoms with Crippen LogP contribution in [0, 0.1) is 5.92 Å². The molecule has 3 nitrogen and oxygen atoms in total. The SMILES string of the molecule is COC(=O)C1CC(C)CN1C(C)C. The highest BCUT2D eigenvalue weighted by molar-refractivity contribution is 5.76. The fourth-order valence-corrected chi connectivity index (χ4v) is 2.02. The highest BCUT2D eigenvalue weighted by Crippen LogP contribution is 2.25. The number of methoxy groups -OCH3 is 1. The van der Waals surface area contributed by atoms with Crippen LogP contribution in [0.1, 0.15) is 27.2 Å². The third-order valence-corrected chi connectivity index (χ3v) is 2.69. The van der Waals surface area contributed by atoms with Gasteiger partial charge in [-0.1, -0.05) is 6.92 Å². The third kappa shape index (κ3) is 2.21. The number of nitrogens with zero attached hydrogens (tertiary/aromatic N) is 1. The molecule has 1 aliphatic rings. The Kier molecular flexibility index (Phi) is 3.31. The zero-order valence-corrected chi connectivity index (χ0v) is 8.91. The molecule has 0 aromatic rings. The van der Waals surface area contributed by atoms with E-state index >= 15 is 0 Å². The maximum Gasteiger partial charge on any atom is 0.323 e. The van der Waals surface area contributed by atoms with Gasteiger partial charge >= 0.3 is 5.97 Å². The summed E-state index contributed by atoms with van der Waals surface area (Å²) in [4.78, 5) is 13.6. The molecule has 2 atom stereocenters. The summed E-state index contributed by atoms with van der Waals surface area (Å²) in [5.74, 6) is 0.518. The molecule has 0 saturated carbocycles. The first-order valence-corrected chi connectivity index (χ1v) is 4.89.